The van der Waals surface area contributed by atoms with Gasteiger partial charge in [-0.2, -0.15) is 0 Å². The second-order valence-electron chi connectivity index (χ2n) is 10.8. The molecule has 3 atom stereocenters. The van der Waals surface area contributed by atoms with Crippen molar-refractivity contribution in [3.05, 3.63) is 47.5 Å². The molecule has 0 bridgehead atoms. The molecular formula is C29H40N3O6P. The monoisotopic (exact) mass is 557 g/mol. The highest BCUT2D eigenvalue weighted by Gasteiger charge is 2.47. The summed E-state index contributed by atoms with van der Waals surface area (Å²) in [6.45, 7) is 9.54. The standard InChI is InChI=1S/C29H40N3O6P/c1-7-38-39(37,24(15-12-18(2)3)27(34)31-23(16-19(4)5)26(33)30-6)17-32-28(35)22-14-13-20-10-8-9-11-21(20)25(22)29(32)36/h8-11,13-14,18-19,23-24H,7,12,15-17H2,1-6H3,(H,30,33)(H,31,34)/t23-,24?,39?/m0/s1. The average molecular weight is 558 g/mol. The van der Waals surface area contributed by atoms with Crippen LogP contribution >= 0.6 is 7.37 Å². The van der Waals surface area contributed by atoms with Gasteiger partial charge < -0.3 is 15.2 Å². The Bertz CT molecular complexity index is 1290. The summed E-state index contributed by atoms with van der Waals surface area (Å²) in [4.78, 5) is 54.1. The molecular weight excluding hydrogens is 517 g/mol. The molecule has 0 spiro atoms. The van der Waals surface area contributed by atoms with Crippen molar-refractivity contribution in [2.75, 3.05) is 19.9 Å². The predicted molar refractivity (Wildman–Crippen MR) is 152 cm³/mol. The number of benzene rings is 2. The van der Waals surface area contributed by atoms with Gasteiger partial charge in [-0.3, -0.25) is 28.6 Å². The molecule has 0 aromatic heterocycles. The Kier molecular flexibility index (Phi) is 10.1. The number of imide groups is 1. The summed E-state index contributed by atoms with van der Waals surface area (Å²) < 4.78 is 20.3. The predicted octanol–water partition coefficient (Wildman–Crippen LogP) is 4.79. The van der Waals surface area contributed by atoms with Gasteiger partial charge in [-0.15, -0.1) is 0 Å². The highest BCUT2D eigenvalue weighted by Crippen LogP contribution is 2.55. The van der Waals surface area contributed by atoms with E-state index in [1.807, 2.05) is 39.8 Å². The fraction of sp³-hybridized carbons (Fsp3) is 0.517. The first-order chi connectivity index (χ1) is 18.4. The molecule has 2 aromatic carbocycles. The quantitative estimate of drug-likeness (QED) is 0.270. The number of hydrogen-bond acceptors (Lipinski definition) is 6. The summed E-state index contributed by atoms with van der Waals surface area (Å²) in [6, 6.07) is 9.83. The number of nitrogens with one attached hydrogen (secondary N) is 2. The van der Waals surface area contributed by atoms with Crippen molar-refractivity contribution in [1.29, 1.82) is 0 Å². The lowest BCUT2D eigenvalue weighted by Gasteiger charge is -2.31. The number of nitrogens with zero attached hydrogens (tertiary/aromatic N) is 1. The zero-order valence-electron chi connectivity index (χ0n) is 23.7. The van der Waals surface area contributed by atoms with Gasteiger partial charge in [-0.05, 0) is 54.9 Å². The first-order valence-corrected chi connectivity index (χ1v) is 15.4. The van der Waals surface area contributed by atoms with Gasteiger partial charge in [0.05, 0.1) is 17.7 Å². The van der Waals surface area contributed by atoms with Gasteiger partial charge in [0.2, 0.25) is 19.2 Å². The fourth-order valence-corrected chi connectivity index (χ4v) is 7.49. The van der Waals surface area contributed by atoms with Crippen molar-refractivity contribution in [1.82, 2.24) is 15.5 Å². The molecule has 39 heavy (non-hydrogen) atoms. The van der Waals surface area contributed by atoms with E-state index >= 15 is 0 Å². The fourth-order valence-electron chi connectivity index (χ4n) is 4.97. The molecule has 0 saturated heterocycles. The van der Waals surface area contributed by atoms with Crippen LogP contribution < -0.4 is 10.6 Å². The lowest BCUT2D eigenvalue weighted by molar-refractivity contribution is -0.129. The van der Waals surface area contributed by atoms with Crippen LogP contribution in [0.4, 0.5) is 0 Å². The van der Waals surface area contributed by atoms with Crippen molar-refractivity contribution >= 4 is 41.8 Å². The highest BCUT2D eigenvalue weighted by molar-refractivity contribution is 7.60. The Labute approximate surface area is 230 Å². The van der Waals surface area contributed by atoms with Crippen LogP contribution in [0.2, 0.25) is 0 Å². The molecule has 212 valence electrons. The van der Waals surface area contributed by atoms with E-state index < -0.39 is 43.1 Å². The largest absolute Gasteiger partial charge is 0.357 e. The maximum absolute atomic E-state index is 14.5. The summed E-state index contributed by atoms with van der Waals surface area (Å²) in [7, 11) is -2.45. The van der Waals surface area contributed by atoms with Crippen molar-refractivity contribution in [3.8, 4) is 0 Å². The van der Waals surface area contributed by atoms with E-state index in [0.29, 0.717) is 18.2 Å². The van der Waals surface area contributed by atoms with Gasteiger partial charge >= 0.3 is 0 Å². The van der Waals surface area contributed by atoms with Gasteiger partial charge in [-0.25, -0.2) is 0 Å². The number of rotatable bonds is 13. The van der Waals surface area contributed by atoms with Gasteiger partial charge in [0.1, 0.15) is 18.0 Å². The van der Waals surface area contributed by atoms with Crippen LogP contribution in [0.5, 0.6) is 0 Å². The maximum Gasteiger partial charge on any atom is 0.262 e. The summed E-state index contributed by atoms with van der Waals surface area (Å²) >= 11 is 0. The number of carbonyl (C=O) groups is 4. The summed E-state index contributed by atoms with van der Waals surface area (Å²) in [5.41, 5.74) is -0.636. The lowest BCUT2D eigenvalue weighted by Crippen LogP contribution is -2.50. The molecule has 9 nitrogen and oxygen atoms in total. The maximum atomic E-state index is 14.5. The molecule has 3 rings (SSSR count). The molecule has 1 heterocycles. The molecule has 4 amide bonds. The Morgan fingerprint density at radius 3 is 2.26 bits per heavy atom. The third-order valence-corrected chi connectivity index (χ3v) is 9.75. The molecule has 0 fully saturated rings. The van der Waals surface area contributed by atoms with E-state index in [4.69, 9.17) is 4.52 Å². The Morgan fingerprint density at radius 1 is 0.949 bits per heavy atom. The average Bonchev–Trinajstić information content (AvgIpc) is 3.12. The number of carbonyl (C=O) groups excluding carboxylic acids is 4. The van der Waals surface area contributed by atoms with E-state index in [0.717, 1.165) is 10.3 Å². The smallest absolute Gasteiger partial charge is 0.262 e. The number of likely N-dealkylation sites (N-methyl/N-ethyl adjacent to an activating group) is 1. The van der Waals surface area contributed by atoms with Crippen molar-refractivity contribution < 1.29 is 28.3 Å². The lowest BCUT2D eigenvalue weighted by atomic mass is 10.0. The van der Waals surface area contributed by atoms with Crippen LogP contribution in [0.3, 0.4) is 0 Å². The molecule has 0 aliphatic carbocycles. The normalized spacial score (nSPS) is 16.4. The Balaban J connectivity index is 1.98. The molecule has 1 aliphatic rings. The van der Waals surface area contributed by atoms with E-state index in [1.165, 1.54) is 7.05 Å². The van der Waals surface area contributed by atoms with E-state index in [1.54, 1.807) is 31.2 Å². The molecule has 2 aromatic rings. The van der Waals surface area contributed by atoms with Crippen molar-refractivity contribution in [2.45, 2.75) is 65.6 Å². The molecule has 1 aliphatic heterocycles. The van der Waals surface area contributed by atoms with Crippen LogP contribution in [-0.2, 0) is 18.7 Å². The van der Waals surface area contributed by atoms with Crippen molar-refractivity contribution in [2.24, 2.45) is 11.8 Å². The van der Waals surface area contributed by atoms with E-state index in [9.17, 15) is 23.7 Å². The highest BCUT2D eigenvalue weighted by atomic mass is 31.2. The Hall–Kier alpha value is -3.03. The zero-order chi connectivity index (χ0) is 28.9. The third kappa shape index (κ3) is 6.76. The second-order valence-corrected chi connectivity index (χ2v) is 13.4. The topological polar surface area (TPSA) is 122 Å². The van der Waals surface area contributed by atoms with Crippen LogP contribution in [0.15, 0.2) is 36.4 Å². The Morgan fingerprint density at radius 2 is 1.64 bits per heavy atom. The molecule has 10 heteroatoms. The van der Waals surface area contributed by atoms with Crippen LogP contribution in [-0.4, -0.2) is 60.2 Å². The van der Waals surface area contributed by atoms with Crippen molar-refractivity contribution in [3.63, 3.8) is 0 Å². The summed E-state index contributed by atoms with van der Waals surface area (Å²) in [5, 5.41) is 6.81. The second kappa shape index (κ2) is 12.9. The minimum absolute atomic E-state index is 0.0275. The van der Waals surface area contributed by atoms with Gasteiger partial charge in [-0.1, -0.05) is 58.0 Å². The van der Waals surface area contributed by atoms with Crippen LogP contribution in [0, 0.1) is 11.8 Å². The van der Waals surface area contributed by atoms with Crippen LogP contribution in [0.1, 0.15) is 74.6 Å². The number of fused-ring (bicyclic) bond motifs is 3. The van der Waals surface area contributed by atoms with E-state index in [-0.39, 0.29) is 41.9 Å². The zero-order valence-corrected chi connectivity index (χ0v) is 24.5. The number of amides is 4. The van der Waals surface area contributed by atoms with Crippen LogP contribution in [0.25, 0.3) is 10.8 Å². The molecule has 0 saturated carbocycles. The summed E-state index contributed by atoms with van der Waals surface area (Å²) in [5.74, 6) is -1.73. The number of hydrogen-bond donors (Lipinski definition) is 2. The SMILES string of the molecule is CCOP(=O)(CN1C(=O)c2ccc3ccccc3c2C1=O)C(CCC(C)C)C(=O)N[C@@H](CC(C)C)C(=O)NC. The first-order valence-electron chi connectivity index (χ1n) is 13.6. The van der Waals surface area contributed by atoms with E-state index in [2.05, 4.69) is 10.6 Å². The molecule has 2 N–H and O–H groups in total. The third-order valence-electron chi connectivity index (χ3n) is 6.93. The van der Waals surface area contributed by atoms with Gasteiger partial charge in [0.25, 0.3) is 11.8 Å². The minimum atomic E-state index is -3.94. The summed E-state index contributed by atoms with van der Waals surface area (Å²) in [6.07, 6.45) is 0.658. The molecule has 0 radical (unpaired) electrons. The van der Waals surface area contributed by atoms with Gasteiger partial charge in [0.15, 0.2) is 0 Å². The minimum Gasteiger partial charge on any atom is -0.357 e. The molecule has 2 unspecified atom stereocenters. The van der Waals surface area contributed by atoms with Gasteiger partial charge in [0, 0.05) is 7.05 Å². The first kappa shape index (κ1) is 30.5.